The van der Waals surface area contributed by atoms with Crippen molar-refractivity contribution >= 4 is 45.1 Å². The van der Waals surface area contributed by atoms with Gasteiger partial charge in [0.15, 0.2) is 0 Å². The molecule has 1 amide bonds. The molecule has 108 valence electrons. The summed E-state index contributed by atoms with van der Waals surface area (Å²) in [5.41, 5.74) is 0.972. The van der Waals surface area contributed by atoms with E-state index < -0.39 is 5.97 Å². The lowest BCUT2D eigenvalue weighted by Gasteiger charge is -2.09. The number of pyridine rings is 1. The van der Waals surface area contributed by atoms with Gasteiger partial charge < -0.3 is 10.1 Å². The first-order valence-corrected chi connectivity index (χ1v) is 6.99. The van der Waals surface area contributed by atoms with Crippen LogP contribution in [0, 0.1) is 0 Å². The summed E-state index contributed by atoms with van der Waals surface area (Å²) in [6, 6.07) is 7.75. The molecule has 0 aliphatic carbocycles. The molecule has 0 radical (unpaired) electrons. The van der Waals surface area contributed by atoms with Crippen molar-refractivity contribution in [3.63, 3.8) is 0 Å². The number of nitrogens with zero attached hydrogens (tertiary/aromatic N) is 1. The van der Waals surface area contributed by atoms with Crippen molar-refractivity contribution in [3.05, 3.63) is 57.3 Å². The number of amides is 1. The van der Waals surface area contributed by atoms with Crippen LogP contribution in [0.4, 0.5) is 5.69 Å². The first-order valence-electron chi connectivity index (χ1n) is 5.82. The van der Waals surface area contributed by atoms with Gasteiger partial charge in [0.05, 0.1) is 28.9 Å². The van der Waals surface area contributed by atoms with E-state index in [2.05, 4.69) is 31.0 Å². The molecule has 2 rings (SSSR count). The molecule has 1 aromatic carbocycles. The van der Waals surface area contributed by atoms with Crippen LogP contribution in [0.3, 0.4) is 0 Å². The molecule has 0 aliphatic rings. The third-order valence-corrected chi connectivity index (χ3v) is 3.60. The zero-order valence-electron chi connectivity index (χ0n) is 10.9. The van der Waals surface area contributed by atoms with E-state index in [-0.39, 0.29) is 5.91 Å². The van der Waals surface area contributed by atoms with E-state index in [1.165, 1.54) is 25.3 Å². The maximum absolute atomic E-state index is 12.2. The van der Waals surface area contributed by atoms with Crippen LogP contribution in [0.2, 0.25) is 5.02 Å². The number of hydrogen-bond donors (Lipinski definition) is 1. The molecular weight excluding hydrogens is 360 g/mol. The van der Waals surface area contributed by atoms with Crippen molar-refractivity contribution in [1.29, 1.82) is 0 Å². The largest absolute Gasteiger partial charge is 0.465 e. The van der Waals surface area contributed by atoms with Gasteiger partial charge in [0.1, 0.15) is 4.60 Å². The molecule has 1 heterocycles. The molecule has 1 aromatic heterocycles. The summed E-state index contributed by atoms with van der Waals surface area (Å²) in [5, 5.41) is 2.95. The standard InChI is InChI=1S/C14H10BrClN2O3/c1-21-14(20)8-4-5-10(16)11(7-8)18-13(19)9-3-2-6-17-12(9)15/h2-7H,1H3,(H,18,19). The monoisotopic (exact) mass is 368 g/mol. The van der Waals surface area contributed by atoms with Crippen LogP contribution in [-0.4, -0.2) is 24.0 Å². The number of nitrogens with one attached hydrogen (secondary N) is 1. The zero-order valence-corrected chi connectivity index (χ0v) is 13.2. The van der Waals surface area contributed by atoms with E-state index in [4.69, 9.17) is 11.6 Å². The highest BCUT2D eigenvalue weighted by molar-refractivity contribution is 9.10. The second-order valence-corrected chi connectivity index (χ2v) is 5.14. The number of aromatic nitrogens is 1. The lowest BCUT2D eigenvalue weighted by molar-refractivity contribution is 0.0600. The number of benzene rings is 1. The van der Waals surface area contributed by atoms with Crippen LogP contribution in [-0.2, 0) is 4.74 Å². The van der Waals surface area contributed by atoms with Crippen molar-refractivity contribution in [2.45, 2.75) is 0 Å². The number of ether oxygens (including phenoxy) is 1. The number of methoxy groups -OCH3 is 1. The van der Waals surface area contributed by atoms with Gasteiger partial charge in [0.25, 0.3) is 5.91 Å². The molecule has 0 saturated carbocycles. The molecule has 0 atom stereocenters. The normalized spacial score (nSPS) is 10.0. The lowest BCUT2D eigenvalue weighted by Crippen LogP contribution is -2.14. The predicted octanol–water partition coefficient (Wildman–Crippen LogP) is 3.54. The molecule has 1 N–H and O–H groups in total. The van der Waals surface area contributed by atoms with E-state index >= 15 is 0 Å². The fourth-order valence-electron chi connectivity index (χ4n) is 1.61. The van der Waals surface area contributed by atoms with Crippen molar-refractivity contribution in [3.8, 4) is 0 Å². The predicted molar refractivity (Wildman–Crippen MR) is 82.7 cm³/mol. The quantitative estimate of drug-likeness (QED) is 0.664. The molecule has 0 spiro atoms. The van der Waals surface area contributed by atoms with E-state index in [1.807, 2.05) is 0 Å². The fraction of sp³-hybridized carbons (Fsp3) is 0.0714. The Hall–Kier alpha value is -1.92. The first-order chi connectivity index (χ1) is 10.0. The van der Waals surface area contributed by atoms with Crippen LogP contribution in [0.5, 0.6) is 0 Å². The second-order valence-electron chi connectivity index (χ2n) is 3.98. The van der Waals surface area contributed by atoms with E-state index in [0.29, 0.717) is 26.4 Å². The smallest absolute Gasteiger partial charge is 0.337 e. The second kappa shape index (κ2) is 6.69. The molecule has 21 heavy (non-hydrogen) atoms. The minimum Gasteiger partial charge on any atom is -0.465 e. The molecule has 0 bridgehead atoms. The molecule has 7 heteroatoms. The van der Waals surface area contributed by atoms with Gasteiger partial charge in [-0.05, 0) is 46.3 Å². The number of halogens is 2. The topological polar surface area (TPSA) is 68.3 Å². The van der Waals surface area contributed by atoms with E-state index in [0.717, 1.165) is 0 Å². The Labute approximate surface area is 134 Å². The minimum absolute atomic E-state index is 0.294. The Morgan fingerprint density at radius 2 is 2.10 bits per heavy atom. The SMILES string of the molecule is COC(=O)c1ccc(Cl)c(NC(=O)c2cccnc2Br)c1. The average molecular weight is 370 g/mol. The number of hydrogen-bond acceptors (Lipinski definition) is 4. The highest BCUT2D eigenvalue weighted by Gasteiger charge is 2.14. The molecule has 0 fully saturated rings. The van der Waals surface area contributed by atoms with Crippen LogP contribution >= 0.6 is 27.5 Å². The molecule has 0 aliphatic heterocycles. The number of esters is 1. The third kappa shape index (κ3) is 3.59. The van der Waals surface area contributed by atoms with Crippen LogP contribution < -0.4 is 5.32 Å². The number of carbonyl (C=O) groups excluding carboxylic acids is 2. The molecular formula is C14H10BrClN2O3. The molecule has 0 unspecified atom stereocenters. The Balaban J connectivity index is 2.29. The maximum atomic E-state index is 12.2. The first kappa shape index (κ1) is 15.5. The molecule has 2 aromatic rings. The Morgan fingerprint density at radius 3 is 2.76 bits per heavy atom. The average Bonchev–Trinajstić information content (AvgIpc) is 2.49. The Kier molecular flexibility index (Phi) is 4.93. The van der Waals surface area contributed by atoms with Crippen LogP contribution in [0.25, 0.3) is 0 Å². The maximum Gasteiger partial charge on any atom is 0.337 e. The van der Waals surface area contributed by atoms with E-state index in [1.54, 1.807) is 18.3 Å². The van der Waals surface area contributed by atoms with Gasteiger partial charge >= 0.3 is 5.97 Å². The Morgan fingerprint density at radius 1 is 1.33 bits per heavy atom. The summed E-state index contributed by atoms with van der Waals surface area (Å²) in [4.78, 5) is 27.6. The minimum atomic E-state index is -0.510. The van der Waals surface area contributed by atoms with Crippen molar-refractivity contribution in [1.82, 2.24) is 4.98 Å². The summed E-state index contributed by atoms with van der Waals surface area (Å²) in [7, 11) is 1.28. The summed E-state index contributed by atoms with van der Waals surface area (Å²) >= 11 is 9.22. The Bertz CT molecular complexity index is 706. The van der Waals surface area contributed by atoms with E-state index in [9.17, 15) is 9.59 Å². The van der Waals surface area contributed by atoms with Crippen LogP contribution in [0.1, 0.15) is 20.7 Å². The number of carbonyl (C=O) groups is 2. The van der Waals surface area contributed by atoms with Crippen molar-refractivity contribution in [2.24, 2.45) is 0 Å². The zero-order chi connectivity index (χ0) is 15.4. The van der Waals surface area contributed by atoms with Gasteiger partial charge in [-0.1, -0.05) is 11.6 Å². The highest BCUT2D eigenvalue weighted by atomic mass is 79.9. The van der Waals surface area contributed by atoms with Gasteiger partial charge in [-0.3, -0.25) is 4.79 Å². The summed E-state index contributed by atoms with van der Waals surface area (Å²) in [6.07, 6.45) is 1.56. The lowest BCUT2D eigenvalue weighted by atomic mass is 10.2. The fourth-order valence-corrected chi connectivity index (χ4v) is 2.21. The summed E-state index contributed by atoms with van der Waals surface area (Å²) < 4.78 is 5.05. The van der Waals surface area contributed by atoms with Crippen molar-refractivity contribution in [2.75, 3.05) is 12.4 Å². The van der Waals surface area contributed by atoms with Crippen LogP contribution in [0.15, 0.2) is 41.1 Å². The third-order valence-electron chi connectivity index (χ3n) is 2.64. The number of rotatable bonds is 3. The van der Waals surface area contributed by atoms with Gasteiger partial charge in [0, 0.05) is 6.20 Å². The molecule has 5 nitrogen and oxygen atoms in total. The molecule has 0 saturated heterocycles. The summed E-state index contributed by atoms with van der Waals surface area (Å²) in [6.45, 7) is 0. The highest BCUT2D eigenvalue weighted by Crippen LogP contribution is 2.25. The van der Waals surface area contributed by atoms with Gasteiger partial charge in [-0.2, -0.15) is 0 Å². The van der Waals surface area contributed by atoms with Crippen molar-refractivity contribution < 1.29 is 14.3 Å². The van der Waals surface area contributed by atoms with Gasteiger partial charge in [-0.15, -0.1) is 0 Å². The van der Waals surface area contributed by atoms with Gasteiger partial charge in [0.2, 0.25) is 0 Å². The number of anilines is 1. The van der Waals surface area contributed by atoms with Gasteiger partial charge in [-0.25, -0.2) is 9.78 Å². The summed E-state index contributed by atoms with van der Waals surface area (Å²) in [5.74, 6) is -0.899.